The second kappa shape index (κ2) is 7.00. The van der Waals surface area contributed by atoms with E-state index < -0.39 is 0 Å². The van der Waals surface area contributed by atoms with Crippen LogP contribution in [0.4, 0.5) is 0 Å². The molecule has 1 atom stereocenters. The van der Waals surface area contributed by atoms with E-state index in [0.717, 1.165) is 44.0 Å². The van der Waals surface area contributed by atoms with Crippen LogP contribution < -0.4 is 0 Å². The van der Waals surface area contributed by atoms with Crippen molar-refractivity contribution in [1.29, 1.82) is 0 Å². The highest BCUT2D eigenvalue weighted by Gasteiger charge is 2.30. The van der Waals surface area contributed by atoms with Crippen LogP contribution in [0.2, 0.25) is 0 Å². The Morgan fingerprint density at radius 3 is 2.84 bits per heavy atom. The highest BCUT2D eigenvalue weighted by molar-refractivity contribution is 5.78. The third kappa shape index (κ3) is 3.61. The maximum atomic E-state index is 13.1. The maximum absolute atomic E-state index is 13.1. The summed E-state index contributed by atoms with van der Waals surface area (Å²) in [6.45, 7) is 4.81. The molecule has 0 aromatic carbocycles. The van der Waals surface area contributed by atoms with Gasteiger partial charge < -0.3 is 9.80 Å². The predicted molar refractivity (Wildman–Crippen MR) is 93.8 cm³/mol. The smallest absolute Gasteiger partial charge is 0.229 e. The number of aryl methyl sites for hydroxylation is 2. The molecule has 2 aliphatic heterocycles. The zero-order chi connectivity index (χ0) is 17.2. The molecular weight excluding hydrogens is 316 g/mol. The normalized spacial score (nSPS) is 21.3. The van der Waals surface area contributed by atoms with Crippen LogP contribution in [0.15, 0.2) is 24.5 Å². The molecule has 0 spiro atoms. The third-order valence-corrected chi connectivity index (χ3v) is 5.34. The van der Waals surface area contributed by atoms with Crippen molar-refractivity contribution in [3.8, 4) is 0 Å². The molecule has 4 rings (SSSR count). The van der Waals surface area contributed by atoms with Gasteiger partial charge in [0.05, 0.1) is 24.4 Å². The molecule has 2 aromatic rings. The topological polar surface area (TPSA) is 59.2 Å². The summed E-state index contributed by atoms with van der Waals surface area (Å²) in [6, 6.07) is 4.20. The Bertz CT molecular complexity index is 730. The molecule has 0 N–H and O–H groups in total. The fourth-order valence-electron chi connectivity index (χ4n) is 3.99. The second-order valence-corrected chi connectivity index (χ2v) is 7.18. The number of aromatic nitrogens is 4. The second-order valence-electron chi connectivity index (χ2n) is 7.18. The monoisotopic (exact) mass is 342 g/mol. The number of hydrogen-bond acceptors (Lipinski definition) is 4. The molecule has 0 aliphatic carbocycles. The van der Waals surface area contributed by atoms with Gasteiger partial charge in [0.2, 0.25) is 5.91 Å². The van der Waals surface area contributed by atoms with Crippen molar-refractivity contribution in [3.05, 3.63) is 35.9 Å². The lowest BCUT2D eigenvalue weighted by atomic mass is 10.1. The molecule has 134 valence electrons. The summed E-state index contributed by atoms with van der Waals surface area (Å²) >= 11 is 0. The largest absolute Gasteiger partial charge is 0.332 e. The summed E-state index contributed by atoms with van der Waals surface area (Å²) in [4.78, 5) is 17.6. The SMILES string of the molecule is Cn1ccc(CC(=O)N2Cc3ccnn3CC[C@H]2CN2CCCC2)n1. The first-order valence-corrected chi connectivity index (χ1v) is 9.20. The molecule has 7 nitrogen and oxygen atoms in total. The lowest BCUT2D eigenvalue weighted by Gasteiger charge is -2.32. The van der Waals surface area contributed by atoms with Gasteiger partial charge in [0.25, 0.3) is 0 Å². The summed E-state index contributed by atoms with van der Waals surface area (Å²) < 4.78 is 3.80. The summed E-state index contributed by atoms with van der Waals surface area (Å²) in [6.07, 6.45) is 7.59. The molecule has 2 aliphatic rings. The Morgan fingerprint density at radius 2 is 2.08 bits per heavy atom. The standard InChI is InChI=1S/C18H26N6O/c1-21-10-5-15(20-21)12-18(25)23-14-17-4-7-19-24(17)11-6-16(23)13-22-8-2-3-9-22/h4-5,7,10,16H,2-3,6,8-9,11-14H2,1H3/t16-/m0/s1. The number of likely N-dealkylation sites (tertiary alicyclic amines) is 1. The van der Waals surface area contributed by atoms with Crippen molar-refractivity contribution in [2.24, 2.45) is 7.05 Å². The van der Waals surface area contributed by atoms with Crippen molar-refractivity contribution in [3.63, 3.8) is 0 Å². The number of hydrogen-bond donors (Lipinski definition) is 0. The van der Waals surface area contributed by atoms with Crippen LogP contribution in [0, 0.1) is 0 Å². The molecule has 0 saturated carbocycles. The van der Waals surface area contributed by atoms with E-state index in [1.807, 2.05) is 36.3 Å². The number of amides is 1. The Morgan fingerprint density at radius 1 is 1.24 bits per heavy atom. The first kappa shape index (κ1) is 16.3. The van der Waals surface area contributed by atoms with Crippen molar-refractivity contribution in [1.82, 2.24) is 29.4 Å². The number of carbonyl (C=O) groups excluding carboxylic acids is 1. The van der Waals surface area contributed by atoms with Crippen LogP contribution >= 0.6 is 0 Å². The van der Waals surface area contributed by atoms with Gasteiger partial charge in [-0.05, 0) is 44.5 Å². The molecule has 4 heterocycles. The fourth-order valence-corrected chi connectivity index (χ4v) is 3.99. The molecule has 0 bridgehead atoms. The number of fused-ring (bicyclic) bond motifs is 1. The summed E-state index contributed by atoms with van der Waals surface area (Å²) in [5, 5.41) is 8.79. The molecule has 2 aromatic heterocycles. The van der Waals surface area contributed by atoms with Gasteiger partial charge in [-0.3, -0.25) is 14.2 Å². The summed E-state index contributed by atoms with van der Waals surface area (Å²) in [5.74, 6) is 0.164. The van der Waals surface area contributed by atoms with E-state index in [9.17, 15) is 4.79 Å². The van der Waals surface area contributed by atoms with Gasteiger partial charge in [-0.15, -0.1) is 0 Å². The molecule has 1 saturated heterocycles. The molecular formula is C18H26N6O. The van der Waals surface area contributed by atoms with Gasteiger partial charge in [0, 0.05) is 38.6 Å². The molecule has 0 radical (unpaired) electrons. The van der Waals surface area contributed by atoms with E-state index in [4.69, 9.17) is 0 Å². The minimum Gasteiger partial charge on any atom is -0.332 e. The van der Waals surface area contributed by atoms with E-state index in [0.29, 0.717) is 13.0 Å². The van der Waals surface area contributed by atoms with Gasteiger partial charge in [0.15, 0.2) is 0 Å². The van der Waals surface area contributed by atoms with E-state index in [1.165, 1.54) is 12.8 Å². The average Bonchev–Trinajstić information content (AvgIpc) is 3.31. The van der Waals surface area contributed by atoms with Gasteiger partial charge in [-0.2, -0.15) is 10.2 Å². The summed E-state index contributed by atoms with van der Waals surface area (Å²) in [7, 11) is 1.88. The third-order valence-electron chi connectivity index (χ3n) is 5.34. The fraction of sp³-hybridized carbons (Fsp3) is 0.611. The van der Waals surface area contributed by atoms with Crippen molar-refractivity contribution < 1.29 is 4.79 Å². The van der Waals surface area contributed by atoms with E-state index in [2.05, 4.69) is 20.0 Å². The molecule has 7 heteroatoms. The highest BCUT2D eigenvalue weighted by atomic mass is 16.2. The van der Waals surface area contributed by atoms with Gasteiger partial charge in [-0.1, -0.05) is 0 Å². The highest BCUT2D eigenvalue weighted by Crippen LogP contribution is 2.21. The van der Waals surface area contributed by atoms with Crippen LogP contribution in [-0.2, 0) is 31.4 Å². The predicted octanol–water partition coefficient (Wildman–Crippen LogP) is 1.06. The number of nitrogens with zero attached hydrogens (tertiary/aromatic N) is 6. The Labute approximate surface area is 148 Å². The Kier molecular flexibility index (Phi) is 4.57. The zero-order valence-electron chi connectivity index (χ0n) is 14.8. The van der Waals surface area contributed by atoms with Crippen LogP contribution in [0.3, 0.4) is 0 Å². The number of carbonyl (C=O) groups is 1. The Hall–Kier alpha value is -2.15. The van der Waals surface area contributed by atoms with Gasteiger partial charge in [-0.25, -0.2) is 0 Å². The van der Waals surface area contributed by atoms with E-state index in [-0.39, 0.29) is 11.9 Å². The maximum Gasteiger partial charge on any atom is 0.229 e. The van der Waals surface area contributed by atoms with Crippen LogP contribution in [0.1, 0.15) is 30.7 Å². The van der Waals surface area contributed by atoms with Gasteiger partial charge >= 0.3 is 0 Å². The zero-order valence-corrected chi connectivity index (χ0v) is 14.8. The molecule has 1 fully saturated rings. The lowest BCUT2D eigenvalue weighted by Crippen LogP contribution is -2.46. The average molecular weight is 342 g/mol. The Balaban J connectivity index is 1.53. The van der Waals surface area contributed by atoms with E-state index >= 15 is 0 Å². The van der Waals surface area contributed by atoms with Crippen LogP contribution in [-0.4, -0.2) is 60.9 Å². The first-order valence-electron chi connectivity index (χ1n) is 9.20. The molecule has 25 heavy (non-hydrogen) atoms. The first-order chi connectivity index (χ1) is 12.2. The van der Waals surface area contributed by atoms with Crippen LogP contribution in [0.25, 0.3) is 0 Å². The summed E-state index contributed by atoms with van der Waals surface area (Å²) in [5.41, 5.74) is 1.96. The quantitative estimate of drug-likeness (QED) is 0.834. The lowest BCUT2D eigenvalue weighted by molar-refractivity contribution is -0.134. The van der Waals surface area contributed by atoms with Crippen molar-refractivity contribution in [2.75, 3.05) is 19.6 Å². The van der Waals surface area contributed by atoms with E-state index in [1.54, 1.807) is 4.68 Å². The van der Waals surface area contributed by atoms with Gasteiger partial charge in [0.1, 0.15) is 0 Å². The molecule has 0 unspecified atom stereocenters. The number of rotatable bonds is 4. The minimum atomic E-state index is 0.164. The minimum absolute atomic E-state index is 0.164. The van der Waals surface area contributed by atoms with Crippen molar-refractivity contribution in [2.45, 2.75) is 44.8 Å². The molecule has 1 amide bonds. The van der Waals surface area contributed by atoms with Crippen molar-refractivity contribution >= 4 is 5.91 Å². The van der Waals surface area contributed by atoms with Crippen LogP contribution in [0.5, 0.6) is 0 Å².